The minimum Gasteiger partial charge on any atom is -0.463 e. The molecule has 1 aliphatic carbocycles. The minimum atomic E-state index is -4.57. The molecule has 45 heavy (non-hydrogen) atoms. The smallest absolute Gasteiger partial charge is 0.417 e. The number of alkyl halides is 4. The van der Waals surface area contributed by atoms with Gasteiger partial charge < -0.3 is 19.7 Å². The normalized spacial score (nSPS) is 26.8. The van der Waals surface area contributed by atoms with Crippen molar-refractivity contribution in [1.82, 2.24) is 30.4 Å². The molecule has 3 fully saturated rings. The van der Waals surface area contributed by atoms with E-state index in [0.717, 1.165) is 51.0 Å². The van der Waals surface area contributed by atoms with Crippen molar-refractivity contribution in [3.05, 3.63) is 40.2 Å². The van der Waals surface area contributed by atoms with E-state index in [1.807, 2.05) is 0 Å². The maximum atomic E-state index is 14.5. The van der Waals surface area contributed by atoms with Gasteiger partial charge in [-0.25, -0.2) is 4.39 Å². The van der Waals surface area contributed by atoms with Crippen molar-refractivity contribution >= 4 is 16.7 Å². The van der Waals surface area contributed by atoms with E-state index in [1.165, 1.54) is 19.2 Å². The van der Waals surface area contributed by atoms with Crippen molar-refractivity contribution in [3.8, 4) is 6.01 Å². The Labute approximate surface area is 260 Å². The first kappa shape index (κ1) is 30.6. The molecule has 7 rings (SSSR count). The van der Waals surface area contributed by atoms with Crippen LogP contribution in [0.1, 0.15) is 73.6 Å². The number of nitrogens with one attached hydrogen (secondary N) is 2. The van der Waals surface area contributed by atoms with Crippen molar-refractivity contribution in [2.75, 3.05) is 50.8 Å². The van der Waals surface area contributed by atoms with Crippen LogP contribution in [0.2, 0.25) is 0 Å². The van der Waals surface area contributed by atoms with Crippen LogP contribution in [0.15, 0.2) is 12.3 Å². The lowest BCUT2D eigenvalue weighted by Crippen LogP contribution is -2.59. The second-order valence-electron chi connectivity index (χ2n) is 13.7. The molecule has 3 aromatic rings. The van der Waals surface area contributed by atoms with Crippen molar-refractivity contribution in [3.63, 3.8) is 0 Å². The van der Waals surface area contributed by atoms with E-state index in [9.17, 15) is 17.6 Å². The Morgan fingerprint density at radius 2 is 2.02 bits per heavy atom. The average Bonchev–Trinajstić information content (AvgIpc) is 3.38. The van der Waals surface area contributed by atoms with Crippen LogP contribution in [0, 0.1) is 12.3 Å². The van der Waals surface area contributed by atoms with Crippen molar-refractivity contribution < 1.29 is 27.0 Å². The van der Waals surface area contributed by atoms with Gasteiger partial charge in [-0.1, -0.05) is 6.92 Å². The van der Waals surface area contributed by atoms with Crippen LogP contribution in [-0.2, 0) is 23.9 Å². The minimum absolute atomic E-state index is 0.0545. The summed E-state index contributed by atoms with van der Waals surface area (Å²) in [4.78, 5) is 14.1. The van der Waals surface area contributed by atoms with Crippen LogP contribution in [0.3, 0.4) is 0 Å². The number of rotatable bonds is 8. The fraction of sp³-hybridized carbons (Fsp3) is 0.656. The second kappa shape index (κ2) is 11.3. The van der Waals surface area contributed by atoms with Gasteiger partial charge in [-0.2, -0.15) is 28.2 Å². The Morgan fingerprint density at radius 3 is 2.73 bits per heavy atom. The molecule has 1 aromatic carbocycles. The Morgan fingerprint density at radius 1 is 1.20 bits per heavy atom. The van der Waals surface area contributed by atoms with Gasteiger partial charge in [-0.3, -0.25) is 10.00 Å². The molecule has 2 unspecified atom stereocenters. The van der Waals surface area contributed by atoms with Gasteiger partial charge in [0.1, 0.15) is 12.0 Å². The van der Waals surface area contributed by atoms with E-state index in [-0.39, 0.29) is 41.1 Å². The van der Waals surface area contributed by atoms with Crippen LogP contribution in [0.25, 0.3) is 10.9 Å². The topological polar surface area (TPSA) is 91.4 Å². The zero-order valence-electron chi connectivity index (χ0n) is 26.1. The number of hydrogen-bond donors (Lipinski definition) is 2. The Bertz CT molecular complexity index is 1580. The molecular weight excluding hydrogens is 590 g/mol. The van der Waals surface area contributed by atoms with Gasteiger partial charge in [0.2, 0.25) is 0 Å². The number of halogens is 4. The predicted octanol–water partition coefficient (Wildman–Crippen LogP) is 5.28. The maximum Gasteiger partial charge on any atom is 0.417 e. The predicted molar refractivity (Wildman–Crippen MR) is 161 cm³/mol. The first-order chi connectivity index (χ1) is 21.5. The number of hydrogen-bond acceptors (Lipinski definition) is 8. The molecule has 0 radical (unpaired) electrons. The van der Waals surface area contributed by atoms with Gasteiger partial charge in [0.25, 0.3) is 0 Å². The average molecular weight is 632 g/mol. The zero-order valence-corrected chi connectivity index (χ0v) is 26.1. The molecule has 9 nitrogen and oxygen atoms in total. The van der Waals surface area contributed by atoms with E-state index < -0.39 is 24.0 Å². The van der Waals surface area contributed by atoms with E-state index in [4.69, 9.17) is 19.4 Å². The lowest BCUT2D eigenvalue weighted by molar-refractivity contribution is -0.140. The second-order valence-corrected chi connectivity index (χ2v) is 13.7. The molecule has 3 atom stereocenters. The summed E-state index contributed by atoms with van der Waals surface area (Å²) >= 11 is 0. The number of anilines is 1. The fourth-order valence-electron chi connectivity index (χ4n) is 7.32. The van der Waals surface area contributed by atoms with E-state index in [2.05, 4.69) is 39.2 Å². The van der Waals surface area contributed by atoms with Crippen LogP contribution in [-0.4, -0.2) is 82.7 Å². The number of aromatic amines is 1. The number of likely N-dealkylation sites (tertiary alicyclic amines) is 1. The number of aryl methyl sites for hydroxylation is 1. The third-order valence-electron chi connectivity index (χ3n) is 10.2. The number of benzene rings is 1. The monoisotopic (exact) mass is 631 g/mol. The van der Waals surface area contributed by atoms with Gasteiger partial charge in [-0.15, -0.1) is 0 Å². The molecule has 5 heterocycles. The summed E-state index contributed by atoms with van der Waals surface area (Å²) in [7, 11) is 0. The summed E-state index contributed by atoms with van der Waals surface area (Å²) in [6.07, 6.45) is -1.16. The van der Waals surface area contributed by atoms with Crippen molar-refractivity contribution in [2.45, 2.75) is 83.5 Å². The van der Waals surface area contributed by atoms with Crippen LogP contribution in [0.4, 0.5) is 23.4 Å². The van der Waals surface area contributed by atoms with Gasteiger partial charge in [0.15, 0.2) is 0 Å². The number of piperazine rings is 1. The van der Waals surface area contributed by atoms with Gasteiger partial charge in [0.05, 0.1) is 42.3 Å². The number of aromatic nitrogens is 4. The van der Waals surface area contributed by atoms with E-state index >= 15 is 0 Å². The quantitative estimate of drug-likeness (QED) is 0.325. The highest BCUT2D eigenvalue weighted by Crippen LogP contribution is 2.48. The summed E-state index contributed by atoms with van der Waals surface area (Å²) in [5.74, 6) is 0.716. The maximum absolute atomic E-state index is 14.5. The molecule has 13 heteroatoms. The summed E-state index contributed by atoms with van der Waals surface area (Å²) in [6, 6.07) is 1.71. The molecule has 4 aliphatic rings. The van der Waals surface area contributed by atoms with Crippen molar-refractivity contribution in [1.29, 1.82) is 0 Å². The SMILES string of the molecule is CCC1(C)CN(c2nc(OCC3(CN4CC[C@@H](F)C4)CC3)nc3c2COC(c2c(C(F)(F)F)c(C)cc4[nH]ncc24)C3)CCN1. The molecule has 0 bridgehead atoms. The zero-order chi connectivity index (χ0) is 31.6. The fourth-order valence-corrected chi connectivity index (χ4v) is 7.32. The summed E-state index contributed by atoms with van der Waals surface area (Å²) in [5, 5.41) is 10.9. The number of H-pyrrole nitrogens is 1. The van der Waals surface area contributed by atoms with Gasteiger partial charge >= 0.3 is 12.2 Å². The highest BCUT2D eigenvalue weighted by molar-refractivity contribution is 5.85. The number of fused-ring (bicyclic) bond motifs is 2. The van der Waals surface area contributed by atoms with Crippen molar-refractivity contribution in [2.24, 2.45) is 5.41 Å². The molecule has 244 valence electrons. The molecule has 3 aliphatic heterocycles. The van der Waals surface area contributed by atoms with Gasteiger partial charge in [-0.05, 0) is 51.2 Å². The lowest BCUT2D eigenvalue weighted by Gasteiger charge is -2.42. The molecule has 1 saturated carbocycles. The first-order valence-corrected chi connectivity index (χ1v) is 16.0. The molecule has 2 saturated heterocycles. The highest BCUT2D eigenvalue weighted by Gasteiger charge is 2.46. The third kappa shape index (κ3) is 5.98. The van der Waals surface area contributed by atoms with Gasteiger partial charge in [0, 0.05) is 73.2 Å². The molecule has 0 amide bonds. The standard InChI is InChI=1S/C32H41F4N7O2/c1-4-30(3)16-43(10-8-37-30)28-22-15-44-25(26-21-13-38-41-24(21)11-19(2)27(26)32(34,35)36)12-23(22)39-29(40-28)45-18-31(6-7-31)17-42-9-5-20(33)14-42/h11,13,20,25,37H,4-10,12,14-18H2,1-3H3,(H,38,41)/t20-,25?,30?/m1/s1. The Kier molecular flexibility index (Phi) is 7.72. The molecule has 2 N–H and O–H groups in total. The highest BCUT2D eigenvalue weighted by atomic mass is 19.4. The van der Waals surface area contributed by atoms with Crippen LogP contribution < -0.4 is 15.0 Å². The first-order valence-electron chi connectivity index (χ1n) is 16.0. The largest absolute Gasteiger partial charge is 0.463 e. The third-order valence-corrected chi connectivity index (χ3v) is 10.2. The molecule has 0 spiro atoms. The van der Waals surface area contributed by atoms with E-state index in [1.54, 1.807) is 0 Å². The van der Waals surface area contributed by atoms with Crippen LogP contribution in [0.5, 0.6) is 6.01 Å². The van der Waals surface area contributed by atoms with Crippen LogP contribution >= 0.6 is 0 Å². The Balaban J connectivity index is 1.23. The number of nitrogens with zero attached hydrogens (tertiary/aromatic N) is 5. The summed E-state index contributed by atoms with van der Waals surface area (Å²) in [5.41, 5.74) is 1.29. The molecular formula is C32H41F4N7O2. The lowest BCUT2D eigenvalue weighted by atomic mass is 9.89. The summed E-state index contributed by atoms with van der Waals surface area (Å²) in [6.45, 7) is 10.5. The van der Waals surface area contributed by atoms with E-state index in [0.29, 0.717) is 48.5 Å². The summed E-state index contributed by atoms with van der Waals surface area (Å²) < 4.78 is 69.9. The number of ether oxygens (including phenoxy) is 2. The Hall–Kier alpha value is -3.03. The molecule has 2 aromatic heterocycles.